The Morgan fingerprint density at radius 3 is 2.46 bits per heavy atom. The highest BCUT2D eigenvalue weighted by Crippen LogP contribution is 2.13. The average molecular weight is 185 g/mol. The first kappa shape index (κ1) is 10.5. The molecule has 0 bridgehead atoms. The molecule has 13 heavy (non-hydrogen) atoms. The van der Waals surface area contributed by atoms with Gasteiger partial charge in [0.1, 0.15) is 11.6 Å². The van der Waals surface area contributed by atoms with Crippen LogP contribution in [0.15, 0.2) is 0 Å². The minimum absolute atomic E-state index is 0.0187. The van der Waals surface area contributed by atoms with E-state index >= 15 is 0 Å². The summed E-state index contributed by atoms with van der Waals surface area (Å²) in [6, 6.07) is -0.595. The average Bonchev–Trinajstić information content (AvgIpc) is 1.78. The lowest BCUT2D eigenvalue weighted by Crippen LogP contribution is -2.55. The van der Waals surface area contributed by atoms with Crippen LogP contribution in [-0.2, 0) is 9.53 Å². The summed E-state index contributed by atoms with van der Waals surface area (Å²) in [5.74, 6) is -0.346. The molecule has 0 spiro atoms. The summed E-state index contributed by atoms with van der Waals surface area (Å²) >= 11 is 0. The fourth-order valence-corrected chi connectivity index (χ4v) is 1.10. The second-order valence-corrected chi connectivity index (χ2v) is 4.32. The number of nitrogens with two attached hydrogens (primary N) is 1. The third-order valence-corrected chi connectivity index (χ3v) is 1.88. The molecule has 1 heterocycles. The minimum atomic E-state index is -0.576. The summed E-state index contributed by atoms with van der Waals surface area (Å²) in [6.07, 6.45) is 0.903. The maximum absolute atomic E-state index is 11.4. The number of ether oxygens (including phenoxy) is 1. The summed E-state index contributed by atoms with van der Waals surface area (Å²) in [7, 11) is 0. The van der Waals surface area contributed by atoms with Crippen LogP contribution in [0.25, 0.3) is 0 Å². The summed E-state index contributed by atoms with van der Waals surface area (Å²) in [6.45, 7) is 6.31. The Kier molecular flexibility index (Phi) is 2.93. The largest absolute Gasteiger partial charge is 0.459 e. The fraction of sp³-hybridized carbons (Fsp3) is 0.889. The van der Waals surface area contributed by atoms with Crippen molar-refractivity contribution >= 4 is 5.97 Å². The molecule has 0 aromatic heterocycles. The molecule has 2 atom stereocenters. The van der Waals surface area contributed by atoms with E-state index in [-0.39, 0.29) is 12.0 Å². The molecule has 2 N–H and O–H groups in total. The number of carbonyl (C=O) groups excluding carboxylic acids is 1. The van der Waals surface area contributed by atoms with E-state index < -0.39 is 11.6 Å². The van der Waals surface area contributed by atoms with Crippen LogP contribution in [-0.4, -0.2) is 30.2 Å². The van der Waals surface area contributed by atoms with Gasteiger partial charge in [-0.3, -0.25) is 4.79 Å². The van der Waals surface area contributed by atoms with Gasteiger partial charge in [0.25, 0.3) is 0 Å². The minimum Gasteiger partial charge on any atom is -0.459 e. The van der Waals surface area contributed by atoms with Crippen molar-refractivity contribution in [2.75, 3.05) is 6.54 Å². The molecule has 4 heteroatoms. The predicted molar refractivity (Wildman–Crippen MR) is 49.2 cm³/mol. The van der Waals surface area contributed by atoms with Gasteiger partial charge in [0.05, 0.1) is 6.04 Å². The van der Waals surface area contributed by atoms with Crippen LogP contribution < -0.4 is 11.1 Å². The molecule has 0 amide bonds. The molecular weight excluding hydrogens is 168 g/mol. The highest BCUT2D eigenvalue weighted by atomic mass is 16.6. The van der Waals surface area contributed by atoms with Crippen molar-refractivity contribution in [1.82, 2.24) is 5.32 Å². The van der Waals surface area contributed by atoms with Crippen LogP contribution in [0.3, 0.4) is 0 Å². The molecule has 4 nitrogen and oxygen atoms in total. The van der Waals surface area contributed by atoms with Crippen LogP contribution in [0.4, 0.5) is 0 Å². The third-order valence-electron chi connectivity index (χ3n) is 1.88. The molecule has 0 aromatic carbocycles. The quantitative estimate of drug-likeness (QED) is 0.617. The third kappa shape index (κ3) is 2.97. The van der Waals surface area contributed by atoms with Crippen molar-refractivity contribution in [3.63, 3.8) is 0 Å². The smallest absolute Gasteiger partial charge is 0.325 e. The van der Waals surface area contributed by atoms with Crippen molar-refractivity contribution in [3.8, 4) is 0 Å². The summed E-state index contributed by atoms with van der Waals surface area (Å²) < 4.78 is 5.13. The van der Waals surface area contributed by atoms with E-state index in [0.29, 0.717) is 0 Å². The van der Waals surface area contributed by atoms with Crippen molar-refractivity contribution < 1.29 is 9.53 Å². The molecule has 1 saturated heterocycles. The van der Waals surface area contributed by atoms with Gasteiger partial charge in [-0.2, -0.15) is 0 Å². The first-order valence-electron chi connectivity index (χ1n) is 4.55. The van der Waals surface area contributed by atoms with Crippen LogP contribution in [0.1, 0.15) is 27.2 Å². The number of nitrogens with zero attached hydrogens (tertiary/aromatic N) is 1. The topological polar surface area (TPSA) is 66.4 Å². The van der Waals surface area contributed by atoms with Gasteiger partial charge in [-0.05, 0) is 27.2 Å². The zero-order chi connectivity index (χ0) is 10.1. The summed E-state index contributed by atoms with van der Waals surface area (Å²) in [5.41, 5.74) is 5.20. The fourth-order valence-electron chi connectivity index (χ4n) is 1.10. The van der Waals surface area contributed by atoms with Gasteiger partial charge < -0.3 is 10.5 Å². The van der Waals surface area contributed by atoms with Crippen molar-refractivity contribution in [2.24, 2.45) is 5.73 Å². The standard InChI is InChI=1S/C9H17N2O2/c1-9(2,3)13-8(12)7(10)6-4-5-11-6/h6-7H,4-5,10H2,1-3H3. The number of hydrogen-bond donors (Lipinski definition) is 1. The van der Waals surface area contributed by atoms with E-state index in [9.17, 15) is 4.79 Å². The lowest BCUT2D eigenvalue weighted by molar-refractivity contribution is -0.157. The van der Waals surface area contributed by atoms with Crippen molar-refractivity contribution in [2.45, 2.75) is 44.9 Å². The van der Waals surface area contributed by atoms with E-state index in [1.807, 2.05) is 20.8 Å². The molecule has 2 unspecified atom stereocenters. The number of hydrogen-bond acceptors (Lipinski definition) is 3. The van der Waals surface area contributed by atoms with Gasteiger partial charge in [0.2, 0.25) is 0 Å². The lowest BCUT2D eigenvalue weighted by atomic mass is 9.99. The monoisotopic (exact) mass is 185 g/mol. The van der Waals surface area contributed by atoms with Crippen molar-refractivity contribution in [3.05, 3.63) is 0 Å². The van der Waals surface area contributed by atoms with Gasteiger partial charge in [0, 0.05) is 6.54 Å². The Bertz CT molecular complexity index is 194. The maximum Gasteiger partial charge on any atom is 0.325 e. The van der Waals surface area contributed by atoms with E-state index in [0.717, 1.165) is 13.0 Å². The van der Waals surface area contributed by atoms with E-state index in [4.69, 9.17) is 10.5 Å². The van der Waals surface area contributed by atoms with Crippen LogP contribution in [0.5, 0.6) is 0 Å². The Hall–Kier alpha value is -0.610. The first-order valence-corrected chi connectivity index (χ1v) is 4.55. The van der Waals surface area contributed by atoms with Gasteiger partial charge >= 0.3 is 5.97 Å². The second kappa shape index (κ2) is 3.64. The normalized spacial score (nSPS) is 24.8. The molecule has 1 aliphatic heterocycles. The van der Waals surface area contributed by atoms with Gasteiger partial charge in [-0.1, -0.05) is 0 Å². The van der Waals surface area contributed by atoms with Crippen LogP contribution in [0, 0.1) is 0 Å². The molecular formula is C9H17N2O2. The van der Waals surface area contributed by atoms with Crippen LogP contribution >= 0.6 is 0 Å². The zero-order valence-corrected chi connectivity index (χ0v) is 8.41. The molecule has 0 aromatic rings. The van der Waals surface area contributed by atoms with Gasteiger partial charge in [0.15, 0.2) is 0 Å². The highest BCUT2D eigenvalue weighted by molar-refractivity contribution is 5.77. The summed E-state index contributed by atoms with van der Waals surface area (Å²) in [4.78, 5) is 11.4. The highest BCUT2D eigenvalue weighted by Gasteiger charge is 2.33. The Morgan fingerprint density at radius 1 is 1.62 bits per heavy atom. The van der Waals surface area contributed by atoms with Gasteiger partial charge in [-0.15, -0.1) is 0 Å². The van der Waals surface area contributed by atoms with Gasteiger partial charge in [-0.25, -0.2) is 5.32 Å². The lowest BCUT2D eigenvalue weighted by Gasteiger charge is -2.31. The summed E-state index contributed by atoms with van der Waals surface area (Å²) in [5, 5.41) is 4.09. The molecule has 0 saturated carbocycles. The van der Waals surface area contributed by atoms with E-state index in [1.54, 1.807) is 0 Å². The molecule has 75 valence electrons. The Labute approximate surface area is 78.8 Å². The Morgan fingerprint density at radius 2 is 2.15 bits per heavy atom. The van der Waals surface area contributed by atoms with Crippen LogP contribution in [0.2, 0.25) is 0 Å². The molecule has 1 fully saturated rings. The Balaban J connectivity index is 2.38. The number of carbonyl (C=O) groups is 1. The molecule has 0 aliphatic carbocycles. The molecule has 1 rings (SSSR count). The zero-order valence-electron chi connectivity index (χ0n) is 8.41. The maximum atomic E-state index is 11.4. The van der Waals surface area contributed by atoms with Crippen molar-refractivity contribution in [1.29, 1.82) is 0 Å². The number of rotatable bonds is 2. The SMILES string of the molecule is CC(C)(C)OC(=O)C(N)C1CC[N]1. The van der Waals surface area contributed by atoms with E-state index in [1.165, 1.54) is 0 Å². The molecule has 1 radical (unpaired) electrons. The van der Waals surface area contributed by atoms with E-state index in [2.05, 4.69) is 5.32 Å². The predicted octanol–water partition coefficient (Wildman–Crippen LogP) is 0.0321. The first-order chi connectivity index (χ1) is 5.90. The second-order valence-electron chi connectivity index (χ2n) is 4.32. The number of esters is 1. The molecule has 1 aliphatic rings.